The monoisotopic (exact) mass is 442 g/mol. The lowest BCUT2D eigenvalue weighted by Gasteiger charge is -2.25. The summed E-state index contributed by atoms with van der Waals surface area (Å²) in [4.78, 5) is 0. The van der Waals surface area contributed by atoms with Crippen molar-refractivity contribution < 1.29 is 25.3 Å². The van der Waals surface area contributed by atoms with Gasteiger partial charge in [-0.15, -0.1) is 0 Å². The fourth-order valence-electron chi connectivity index (χ4n) is 4.60. The molecule has 9 heteroatoms. The van der Waals surface area contributed by atoms with E-state index in [1.165, 1.54) is 0 Å². The van der Waals surface area contributed by atoms with E-state index in [9.17, 15) is 25.3 Å². The topological polar surface area (TPSA) is 102 Å². The Hall–Kier alpha value is -0.150. The lowest BCUT2D eigenvalue weighted by atomic mass is 10.1. The largest absolute Gasteiger partial charge is 0.229 e. The van der Waals surface area contributed by atoms with Crippen molar-refractivity contribution in [2.24, 2.45) is 0 Å². The summed E-state index contributed by atoms with van der Waals surface area (Å²) in [7, 11) is -10.7. The van der Waals surface area contributed by atoms with Crippen LogP contribution in [0.4, 0.5) is 0 Å². The van der Waals surface area contributed by atoms with Gasteiger partial charge in [0.15, 0.2) is 29.5 Å². The average molecular weight is 443 g/mol. The first-order chi connectivity index (χ1) is 12.6. The Balaban J connectivity index is 2.26. The van der Waals surface area contributed by atoms with Crippen molar-refractivity contribution in [2.75, 3.05) is 11.5 Å². The maximum Gasteiger partial charge on any atom is 0.158 e. The van der Waals surface area contributed by atoms with E-state index in [0.717, 1.165) is 25.7 Å². The highest BCUT2D eigenvalue weighted by atomic mass is 32.2. The van der Waals surface area contributed by atoms with Gasteiger partial charge in [-0.3, -0.25) is 0 Å². The van der Waals surface area contributed by atoms with Gasteiger partial charge in [0, 0.05) is 0 Å². The van der Waals surface area contributed by atoms with E-state index in [-0.39, 0.29) is 24.3 Å². The van der Waals surface area contributed by atoms with Gasteiger partial charge in [0.1, 0.15) is 0 Å². The third-order valence-electron chi connectivity index (χ3n) is 6.15. The molecule has 0 aliphatic carbocycles. The standard InChI is InChI=1S/C18H34O6S3/c1-3-5-7-9-15-17(11-13-25(15,19)20)27(23,24)18-12-14-26(21,22)16(18)10-8-6-4-2/h15-18H,3-14H2,1-2H3. The molecule has 0 bridgehead atoms. The van der Waals surface area contributed by atoms with Crippen LogP contribution in [-0.4, -0.2) is 57.8 Å². The zero-order valence-electron chi connectivity index (χ0n) is 16.5. The molecule has 0 aromatic rings. The molecule has 0 aromatic heterocycles. The maximum atomic E-state index is 13.4. The highest BCUT2D eigenvalue weighted by Gasteiger charge is 2.54. The molecule has 0 aromatic carbocycles. The first kappa shape index (κ1) is 23.1. The predicted octanol–water partition coefficient (Wildman–Crippen LogP) is 2.67. The Morgan fingerprint density at radius 3 is 1.41 bits per heavy atom. The quantitative estimate of drug-likeness (QED) is 0.482. The molecule has 4 unspecified atom stereocenters. The van der Waals surface area contributed by atoms with Gasteiger partial charge in [-0.05, 0) is 25.7 Å². The first-order valence-electron chi connectivity index (χ1n) is 10.2. The highest BCUT2D eigenvalue weighted by molar-refractivity contribution is 7.99. The molecule has 160 valence electrons. The molecule has 2 aliphatic heterocycles. The summed E-state index contributed by atoms with van der Waals surface area (Å²) in [6.07, 6.45) is 5.94. The average Bonchev–Trinajstić information content (AvgIpc) is 3.05. The Morgan fingerprint density at radius 1 is 0.704 bits per heavy atom. The maximum absolute atomic E-state index is 13.4. The molecule has 2 fully saturated rings. The van der Waals surface area contributed by atoms with Crippen molar-refractivity contribution in [3.8, 4) is 0 Å². The number of hydrogen-bond acceptors (Lipinski definition) is 6. The van der Waals surface area contributed by atoms with Crippen molar-refractivity contribution >= 4 is 29.5 Å². The van der Waals surface area contributed by atoms with Gasteiger partial charge in [-0.25, -0.2) is 25.3 Å². The van der Waals surface area contributed by atoms with Crippen molar-refractivity contribution in [3.05, 3.63) is 0 Å². The number of rotatable bonds is 10. The normalized spacial score (nSPS) is 32.7. The van der Waals surface area contributed by atoms with E-state index in [2.05, 4.69) is 0 Å². The fourth-order valence-corrected chi connectivity index (χ4v) is 13.3. The zero-order chi connectivity index (χ0) is 20.3. The molecule has 0 amide bonds. The van der Waals surface area contributed by atoms with E-state index in [1.807, 2.05) is 13.8 Å². The summed E-state index contributed by atoms with van der Waals surface area (Å²) >= 11 is 0. The van der Waals surface area contributed by atoms with E-state index in [4.69, 9.17) is 0 Å². The second-order valence-electron chi connectivity index (χ2n) is 8.05. The molecular weight excluding hydrogens is 408 g/mol. The molecule has 2 rings (SSSR count). The number of unbranched alkanes of at least 4 members (excludes halogenated alkanes) is 4. The molecule has 0 saturated carbocycles. The second kappa shape index (κ2) is 9.11. The lowest BCUT2D eigenvalue weighted by Crippen LogP contribution is -2.43. The SMILES string of the molecule is CCCCCC1C(S(=O)(=O)C2CCS(=O)(=O)C2CCCCC)CCS1(=O)=O. The second-order valence-corrected chi connectivity index (χ2v) is 15.1. The summed E-state index contributed by atoms with van der Waals surface area (Å²) in [6, 6.07) is 0. The van der Waals surface area contributed by atoms with Crippen molar-refractivity contribution in [1.29, 1.82) is 0 Å². The summed E-state index contributed by atoms with van der Waals surface area (Å²) in [5, 5.41) is -3.61. The van der Waals surface area contributed by atoms with Gasteiger partial charge in [0.05, 0.1) is 32.5 Å². The molecule has 4 atom stereocenters. The summed E-state index contributed by atoms with van der Waals surface area (Å²) in [6.45, 7) is 4.03. The minimum absolute atomic E-state index is 0.104. The Kier molecular flexibility index (Phi) is 7.81. The lowest BCUT2D eigenvalue weighted by molar-refractivity contribution is 0.523. The molecule has 2 saturated heterocycles. The third-order valence-corrected chi connectivity index (χ3v) is 13.9. The molecule has 6 nitrogen and oxygen atoms in total. The van der Waals surface area contributed by atoms with Gasteiger partial charge in [0.2, 0.25) is 0 Å². The Morgan fingerprint density at radius 2 is 1.07 bits per heavy atom. The van der Waals surface area contributed by atoms with Gasteiger partial charge >= 0.3 is 0 Å². The first-order valence-corrected chi connectivity index (χ1v) is 15.3. The van der Waals surface area contributed by atoms with Crippen LogP contribution in [-0.2, 0) is 29.5 Å². The van der Waals surface area contributed by atoms with Gasteiger partial charge in [-0.2, -0.15) is 0 Å². The van der Waals surface area contributed by atoms with Gasteiger partial charge < -0.3 is 0 Å². The van der Waals surface area contributed by atoms with Crippen molar-refractivity contribution in [2.45, 2.75) is 99.1 Å². The fraction of sp³-hybridized carbons (Fsp3) is 1.00. The van der Waals surface area contributed by atoms with Crippen LogP contribution in [0.15, 0.2) is 0 Å². The molecule has 0 spiro atoms. The van der Waals surface area contributed by atoms with Gasteiger partial charge in [-0.1, -0.05) is 52.4 Å². The zero-order valence-corrected chi connectivity index (χ0v) is 18.9. The molecule has 0 N–H and O–H groups in total. The predicted molar refractivity (Wildman–Crippen MR) is 109 cm³/mol. The van der Waals surface area contributed by atoms with E-state index >= 15 is 0 Å². The molecule has 2 aliphatic rings. The van der Waals surface area contributed by atoms with Crippen molar-refractivity contribution in [3.63, 3.8) is 0 Å². The Bertz CT molecular complexity index is 736. The number of sulfone groups is 3. The highest BCUT2D eigenvalue weighted by Crippen LogP contribution is 2.38. The van der Waals surface area contributed by atoms with Crippen LogP contribution >= 0.6 is 0 Å². The van der Waals surface area contributed by atoms with Crippen LogP contribution in [0.3, 0.4) is 0 Å². The molecule has 2 heterocycles. The van der Waals surface area contributed by atoms with Crippen LogP contribution in [0, 0.1) is 0 Å². The van der Waals surface area contributed by atoms with Crippen LogP contribution < -0.4 is 0 Å². The van der Waals surface area contributed by atoms with Crippen molar-refractivity contribution in [1.82, 2.24) is 0 Å². The van der Waals surface area contributed by atoms with E-state index in [0.29, 0.717) is 25.7 Å². The Labute approximate surface area is 165 Å². The summed E-state index contributed by atoms with van der Waals surface area (Å²) in [5.41, 5.74) is 0. The molecular formula is C18H34O6S3. The van der Waals surface area contributed by atoms with Crippen LogP contribution in [0.1, 0.15) is 78.1 Å². The molecule has 27 heavy (non-hydrogen) atoms. The molecule has 0 radical (unpaired) electrons. The van der Waals surface area contributed by atoms with Crippen LogP contribution in [0.25, 0.3) is 0 Å². The summed E-state index contributed by atoms with van der Waals surface area (Å²) in [5.74, 6) is -0.207. The summed E-state index contributed by atoms with van der Waals surface area (Å²) < 4.78 is 76.6. The smallest absolute Gasteiger partial charge is 0.158 e. The van der Waals surface area contributed by atoms with Crippen LogP contribution in [0.5, 0.6) is 0 Å². The van der Waals surface area contributed by atoms with E-state index < -0.39 is 50.5 Å². The van der Waals surface area contributed by atoms with Gasteiger partial charge in [0.25, 0.3) is 0 Å². The van der Waals surface area contributed by atoms with E-state index in [1.54, 1.807) is 0 Å². The third kappa shape index (κ3) is 5.07. The minimum atomic E-state index is -3.81. The van der Waals surface area contributed by atoms with Crippen LogP contribution in [0.2, 0.25) is 0 Å². The minimum Gasteiger partial charge on any atom is -0.229 e. The number of hydrogen-bond donors (Lipinski definition) is 0.